The molecule has 30 heavy (non-hydrogen) atoms. The second kappa shape index (κ2) is 8.24. The Hall–Kier alpha value is -3.87. The Morgan fingerprint density at radius 1 is 1.23 bits per heavy atom. The molecule has 2 heterocycles. The molecule has 1 atom stereocenters. The smallest absolute Gasteiger partial charge is 0.322 e. The maximum Gasteiger partial charge on any atom is 0.322 e. The van der Waals surface area contributed by atoms with Gasteiger partial charge in [-0.3, -0.25) is 4.90 Å². The standard InChI is InChI=1S/C23H22N4O3/c1-4-13-27-15(2)19(22-25-21(26-30-22)16-9-6-5-7-10-16)20(24-23(27)28)17-11-8-12-18(14-17)29-3/h4-12,14,20H,1,13H2,2-3H3,(H,24,28). The number of ether oxygens (including phenoxy) is 1. The first-order valence-electron chi connectivity index (χ1n) is 9.55. The van der Waals surface area contributed by atoms with E-state index in [2.05, 4.69) is 22.0 Å². The van der Waals surface area contributed by atoms with E-state index < -0.39 is 6.04 Å². The van der Waals surface area contributed by atoms with Gasteiger partial charge < -0.3 is 14.6 Å². The molecule has 1 N–H and O–H groups in total. The summed E-state index contributed by atoms with van der Waals surface area (Å²) in [5.41, 5.74) is 3.18. The number of allylic oxidation sites excluding steroid dienone is 1. The van der Waals surface area contributed by atoms with Crippen LogP contribution in [0.3, 0.4) is 0 Å². The van der Waals surface area contributed by atoms with Crippen molar-refractivity contribution in [2.24, 2.45) is 0 Å². The average molecular weight is 402 g/mol. The van der Waals surface area contributed by atoms with Gasteiger partial charge in [0.15, 0.2) is 0 Å². The topological polar surface area (TPSA) is 80.5 Å². The maximum absolute atomic E-state index is 12.8. The number of amides is 2. The fourth-order valence-corrected chi connectivity index (χ4v) is 3.52. The number of carbonyl (C=O) groups is 1. The zero-order valence-electron chi connectivity index (χ0n) is 16.8. The van der Waals surface area contributed by atoms with E-state index >= 15 is 0 Å². The molecular formula is C23H22N4O3. The van der Waals surface area contributed by atoms with Crippen LogP contribution in [0.5, 0.6) is 5.75 Å². The summed E-state index contributed by atoms with van der Waals surface area (Å²) in [6, 6.07) is 16.5. The fraction of sp³-hybridized carbons (Fsp3) is 0.174. The van der Waals surface area contributed by atoms with E-state index in [0.717, 1.165) is 22.4 Å². The number of carbonyl (C=O) groups excluding carboxylic acids is 1. The summed E-state index contributed by atoms with van der Waals surface area (Å²) < 4.78 is 11.0. The molecular weight excluding hydrogens is 380 g/mol. The van der Waals surface area contributed by atoms with Gasteiger partial charge in [0.2, 0.25) is 5.82 Å². The molecule has 0 bridgehead atoms. The van der Waals surface area contributed by atoms with Crippen LogP contribution in [0.2, 0.25) is 0 Å². The number of benzene rings is 2. The number of rotatable bonds is 6. The lowest BCUT2D eigenvalue weighted by Gasteiger charge is -2.34. The van der Waals surface area contributed by atoms with Gasteiger partial charge in [0.25, 0.3) is 5.89 Å². The molecule has 1 aliphatic heterocycles. The summed E-state index contributed by atoms with van der Waals surface area (Å²) in [5, 5.41) is 7.20. The number of aromatic nitrogens is 2. The summed E-state index contributed by atoms with van der Waals surface area (Å²) >= 11 is 0. The summed E-state index contributed by atoms with van der Waals surface area (Å²) in [7, 11) is 1.61. The molecule has 7 heteroatoms. The highest BCUT2D eigenvalue weighted by atomic mass is 16.5. The zero-order chi connectivity index (χ0) is 21.1. The van der Waals surface area contributed by atoms with Crippen LogP contribution in [0.15, 0.2) is 77.5 Å². The Morgan fingerprint density at radius 2 is 2.03 bits per heavy atom. The Kier molecular flexibility index (Phi) is 5.34. The van der Waals surface area contributed by atoms with Gasteiger partial charge in [-0.25, -0.2) is 4.79 Å². The summed E-state index contributed by atoms with van der Waals surface area (Å²) in [6.45, 7) is 5.99. The minimum Gasteiger partial charge on any atom is -0.497 e. The van der Waals surface area contributed by atoms with Gasteiger partial charge in [-0.2, -0.15) is 4.98 Å². The SMILES string of the molecule is C=CCN1C(=O)NC(c2cccc(OC)c2)C(c2nc(-c3ccccc3)no2)=C1C. The van der Waals surface area contributed by atoms with E-state index in [1.165, 1.54) is 0 Å². The Morgan fingerprint density at radius 3 is 2.77 bits per heavy atom. The molecule has 0 aliphatic carbocycles. The van der Waals surface area contributed by atoms with Gasteiger partial charge in [-0.15, -0.1) is 6.58 Å². The van der Waals surface area contributed by atoms with E-state index in [4.69, 9.17) is 9.26 Å². The zero-order valence-corrected chi connectivity index (χ0v) is 16.8. The molecule has 0 radical (unpaired) electrons. The van der Waals surface area contributed by atoms with Crippen molar-refractivity contribution in [3.63, 3.8) is 0 Å². The molecule has 2 aromatic carbocycles. The van der Waals surface area contributed by atoms with Crippen molar-refractivity contribution in [3.05, 3.63) is 84.4 Å². The minimum absolute atomic E-state index is 0.216. The quantitative estimate of drug-likeness (QED) is 0.617. The fourth-order valence-electron chi connectivity index (χ4n) is 3.52. The third-order valence-electron chi connectivity index (χ3n) is 5.02. The number of methoxy groups -OCH3 is 1. The third-order valence-corrected chi connectivity index (χ3v) is 5.02. The lowest BCUT2D eigenvalue weighted by molar-refractivity contribution is 0.209. The van der Waals surface area contributed by atoms with Crippen molar-refractivity contribution >= 4 is 11.6 Å². The molecule has 0 spiro atoms. The van der Waals surface area contributed by atoms with Gasteiger partial charge >= 0.3 is 6.03 Å². The van der Waals surface area contributed by atoms with Gasteiger partial charge in [0, 0.05) is 17.8 Å². The van der Waals surface area contributed by atoms with Gasteiger partial charge in [0.05, 0.1) is 18.7 Å². The molecule has 7 nitrogen and oxygen atoms in total. The number of nitrogens with one attached hydrogen (secondary N) is 1. The highest BCUT2D eigenvalue weighted by Gasteiger charge is 2.35. The Labute approximate surface area is 174 Å². The highest BCUT2D eigenvalue weighted by Crippen LogP contribution is 2.38. The molecule has 1 aliphatic rings. The van der Waals surface area contributed by atoms with E-state index in [9.17, 15) is 4.79 Å². The maximum atomic E-state index is 12.8. The largest absolute Gasteiger partial charge is 0.497 e. The molecule has 2 amide bonds. The second-order valence-electron chi connectivity index (χ2n) is 6.85. The van der Waals surface area contributed by atoms with E-state index in [0.29, 0.717) is 24.0 Å². The van der Waals surface area contributed by atoms with Crippen molar-refractivity contribution in [3.8, 4) is 17.1 Å². The summed E-state index contributed by atoms with van der Waals surface area (Å²) in [6.07, 6.45) is 1.68. The molecule has 0 saturated carbocycles. The monoisotopic (exact) mass is 402 g/mol. The number of nitrogens with zero attached hydrogens (tertiary/aromatic N) is 3. The van der Waals surface area contributed by atoms with Gasteiger partial charge in [-0.1, -0.05) is 53.7 Å². The van der Waals surface area contributed by atoms with Crippen molar-refractivity contribution in [1.29, 1.82) is 0 Å². The Bertz CT molecular complexity index is 1100. The van der Waals surface area contributed by atoms with Crippen molar-refractivity contribution in [1.82, 2.24) is 20.4 Å². The normalized spacial score (nSPS) is 16.4. The summed E-state index contributed by atoms with van der Waals surface area (Å²) in [4.78, 5) is 19.0. The second-order valence-corrected chi connectivity index (χ2v) is 6.85. The van der Waals surface area contributed by atoms with Crippen LogP contribution < -0.4 is 10.1 Å². The third kappa shape index (κ3) is 3.57. The van der Waals surface area contributed by atoms with Crippen LogP contribution >= 0.6 is 0 Å². The molecule has 152 valence electrons. The van der Waals surface area contributed by atoms with Crippen LogP contribution in [0.1, 0.15) is 24.4 Å². The van der Waals surface area contributed by atoms with Gasteiger partial charge in [0.1, 0.15) is 5.75 Å². The number of hydrogen-bond donors (Lipinski definition) is 1. The molecule has 4 rings (SSSR count). The summed E-state index contributed by atoms with van der Waals surface area (Å²) in [5.74, 6) is 1.54. The first-order chi connectivity index (χ1) is 14.6. The molecule has 3 aromatic rings. The van der Waals surface area contributed by atoms with Crippen LogP contribution in [-0.2, 0) is 0 Å². The van der Waals surface area contributed by atoms with Crippen molar-refractivity contribution in [2.75, 3.05) is 13.7 Å². The molecule has 1 unspecified atom stereocenters. The van der Waals surface area contributed by atoms with Crippen LogP contribution in [0.4, 0.5) is 4.79 Å². The van der Waals surface area contributed by atoms with E-state index in [1.807, 2.05) is 61.5 Å². The van der Waals surface area contributed by atoms with Crippen molar-refractivity contribution in [2.45, 2.75) is 13.0 Å². The van der Waals surface area contributed by atoms with Crippen LogP contribution in [0, 0.1) is 0 Å². The lowest BCUT2D eigenvalue weighted by Crippen LogP contribution is -2.46. The molecule has 0 saturated heterocycles. The molecule has 0 fully saturated rings. The predicted octanol–water partition coefficient (Wildman–Crippen LogP) is 4.43. The first kappa shape index (κ1) is 19.4. The minimum atomic E-state index is -0.460. The Balaban J connectivity index is 1.83. The number of urea groups is 1. The van der Waals surface area contributed by atoms with Gasteiger partial charge in [-0.05, 0) is 24.6 Å². The highest BCUT2D eigenvalue weighted by molar-refractivity contribution is 5.87. The average Bonchev–Trinajstić information content (AvgIpc) is 3.26. The van der Waals surface area contributed by atoms with E-state index in [-0.39, 0.29) is 6.03 Å². The first-order valence-corrected chi connectivity index (χ1v) is 9.55. The van der Waals surface area contributed by atoms with Crippen LogP contribution in [0.25, 0.3) is 17.0 Å². The van der Waals surface area contributed by atoms with Crippen LogP contribution in [-0.4, -0.2) is 34.7 Å². The van der Waals surface area contributed by atoms with Crippen molar-refractivity contribution < 1.29 is 14.1 Å². The number of hydrogen-bond acceptors (Lipinski definition) is 5. The lowest BCUT2D eigenvalue weighted by atomic mass is 9.94. The van der Waals surface area contributed by atoms with E-state index in [1.54, 1.807) is 18.1 Å². The predicted molar refractivity (Wildman–Crippen MR) is 113 cm³/mol. The molecule has 1 aromatic heterocycles.